The molecule has 1 aliphatic rings. The summed E-state index contributed by atoms with van der Waals surface area (Å²) in [6.45, 7) is 3.61. The second-order valence-corrected chi connectivity index (χ2v) is 6.09. The molecule has 2 heterocycles. The first-order valence-electron chi connectivity index (χ1n) is 8.76. The molecule has 28 heavy (non-hydrogen) atoms. The Kier molecular flexibility index (Phi) is 5.48. The molecule has 10 heteroatoms. The molecule has 0 bridgehead atoms. The van der Waals surface area contributed by atoms with Crippen molar-refractivity contribution in [1.29, 1.82) is 0 Å². The Hall–Kier alpha value is -3.17. The van der Waals surface area contributed by atoms with Crippen LogP contribution in [0, 0.1) is 0 Å². The number of benzene rings is 1. The third-order valence-corrected chi connectivity index (χ3v) is 4.01. The molecule has 0 fully saturated rings. The van der Waals surface area contributed by atoms with Gasteiger partial charge in [-0.25, -0.2) is 13.8 Å². The van der Waals surface area contributed by atoms with Crippen molar-refractivity contribution in [2.24, 2.45) is 0 Å². The summed E-state index contributed by atoms with van der Waals surface area (Å²) in [7, 11) is 1.52. The van der Waals surface area contributed by atoms with E-state index in [1.54, 1.807) is 19.1 Å². The van der Waals surface area contributed by atoms with Gasteiger partial charge in [0.05, 0.1) is 16.8 Å². The Bertz CT molecular complexity index is 886. The van der Waals surface area contributed by atoms with Crippen molar-refractivity contribution in [2.75, 3.05) is 37.4 Å². The Morgan fingerprint density at radius 3 is 2.61 bits per heavy atom. The van der Waals surface area contributed by atoms with Crippen molar-refractivity contribution < 1.29 is 23.0 Å². The maximum atomic E-state index is 13.8. The number of hydrogen-bond donors (Lipinski definition) is 3. The number of aromatic nitrogens is 2. The smallest absolute Gasteiger partial charge is 0.275 e. The lowest BCUT2D eigenvalue weighted by molar-refractivity contribution is 0.0176. The summed E-state index contributed by atoms with van der Waals surface area (Å²) in [5.41, 5.74) is 0.496. The van der Waals surface area contributed by atoms with E-state index in [-0.39, 0.29) is 23.2 Å². The number of halogens is 2. The van der Waals surface area contributed by atoms with Crippen LogP contribution in [0.5, 0.6) is 11.5 Å². The van der Waals surface area contributed by atoms with Gasteiger partial charge in [-0.1, -0.05) is 0 Å². The van der Waals surface area contributed by atoms with Crippen molar-refractivity contribution in [3.63, 3.8) is 0 Å². The van der Waals surface area contributed by atoms with E-state index in [2.05, 4.69) is 25.9 Å². The van der Waals surface area contributed by atoms with E-state index in [1.807, 2.05) is 0 Å². The van der Waals surface area contributed by atoms with Crippen LogP contribution >= 0.6 is 0 Å². The molecule has 2 aromatic rings. The van der Waals surface area contributed by atoms with E-state index < -0.39 is 5.92 Å². The number of carbonyl (C=O) groups excluding carboxylic acids is 1. The number of fused-ring (bicyclic) bond motifs is 1. The maximum Gasteiger partial charge on any atom is 0.275 e. The molecule has 1 aromatic heterocycles. The van der Waals surface area contributed by atoms with Crippen LogP contribution < -0.4 is 25.4 Å². The standard InChI is InChI=1S/C18H21F2N5O3/c1-4-22-15-11(18(2,19)20)9-23-17(25-15)24-12-6-5-10(16(26)21-3)13-14(12)28-8-7-27-13/h5-6,9H,4,7-8H2,1-3H3,(H,21,26)(H2,22,23,24,25). The third kappa shape index (κ3) is 3.90. The van der Waals surface area contributed by atoms with Gasteiger partial charge >= 0.3 is 0 Å². The van der Waals surface area contributed by atoms with Gasteiger partial charge in [0.2, 0.25) is 5.95 Å². The number of nitrogens with one attached hydrogen (secondary N) is 3. The zero-order valence-electron chi connectivity index (χ0n) is 15.7. The number of hydrogen-bond acceptors (Lipinski definition) is 7. The summed E-state index contributed by atoms with van der Waals surface area (Å²) in [6, 6.07) is 3.20. The van der Waals surface area contributed by atoms with E-state index >= 15 is 0 Å². The van der Waals surface area contributed by atoms with Gasteiger partial charge in [-0.05, 0) is 19.1 Å². The molecule has 0 aliphatic carbocycles. The molecule has 1 aliphatic heterocycles. The molecule has 0 saturated carbocycles. The predicted molar refractivity (Wildman–Crippen MR) is 99.9 cm³/mol. The van der Waals surface area contributed by atoms with Crippen LogP contribution in [0.25, 0.3) is 0 Å². The van der Waals surface area contributed by atoms with Gasteiger partial charge in [0.25, 0.3) is 11.8 Å². The molecule has 1 aromatic carbocycles. The molecular formula is C18H21F2N5O3. The van der Waals surface area contributed by atoms with Crippen molar-refractivity contribution >= 4 is 23.4 Å². The summed E-state index contributed by atoms with van der Waals surface area (Å²) in [6.07, 6.45) is 1.08. The number of nitrogens with zero attached hydrogens (tertiary/aromatic N) is 2. The highest BCUT2D eigenvalue weighted by Gasteiger charge is 2.30. The molecule has 0 saturated heterocycles. The van der Waals surface area contributed by atoms with E-state index in [0.717, 1.165) is 13.1 Å². The van der Waals surface area contributed by atoms with E-state index in [4.69, 9.17) is 9.47 Å². The fourth-order valence-corrected chi connectivity index (χ4v) is 2.73. The van der Waals surface area contributed by atoms with Crippen LogP contribution in [0.3, 0.4) is 0 Å². The SMILES string of the molecule is CCNc1nc(Nc2ccc(C(=O)NC)c3c2OCCO3)ncc1C(C)(F)F. The maximum absolute atomic E-state index is 13.8. The first-order valence-corrected chi connectivity index (χ1v) is 8.76. The number of carbonyl (C=O) groups is 1. The summed E-state index contributed by atoms with van der Waals surface area (Å²) >= 11 is 0. The zero-order chi connectivity index (χ0) is 20.3. The van der Waals surface area contributed by atoms with Crippen LogP contribution in [0.1, 0.15) is 29.8 Å². The molecule has 150 valence electrons. The first-order chi connectivity index (χ1) is 13.3. The predicted octanol–water partition coefficient (Wildman–Crippen LogP) is 2.89. The number of rotatable bonds is 6. The highest BCUT2D eigenvalue weighted by molar-refractivity contribution is 5.99. The van der Waals surface area contributed by atoms with Gasteiger partial charge in [-0.15, -0.1) is 0 Å². The van der Waals surface area contributed by atoms with Crippen molar-refractivity contribution in [1.82, 2.24) is 15.3 Å². The number of amides is 1. The van der Waals surface area contributed by atoms with E-state index in [1.165, 1.54) is 7.05 Å². The second-order valence-electron chi connectivity index (χ2n) is 6.09. The van der Waals surface area contributed by atoms with Crippen LogP contribution in [0.4, 0.5) is 26.2 Å². The molecular weight excluding hydrogens is 372 g/mol. The lowest BCUT2D eigenvalue weighted by Gasteiger charge is -2.23. The molecule has 8 nitrogen and oxygen atoms in total. The molecule has 0 spiro atoms. The molecule has 0 atom stereocenters. The van der Waals surface area contributed by atoms with Gasteiger partial charge in [0.1, 0.15) is 19.0 Å². The van der Waals surface area contributed by atoms with Gasteiger partial charge in [0, 0.05) is 26.7 Å². The fourth-order valence-electron chi connectivity index (χ4n) is 2.73. The molecule has 3 N–H and O–H groups in total. The van der Waals surface area contributed by atoms with E-state index in [9.17, 15) is 13.6 Å². The highest BCUT2D eigenvalue weighted by atomic mass is 19.3. The fraction of sp³-hybridized carbons (Fsp3) is 0.389. The molecule has 3 rings (SSSR count). The Labute approximate surface area is 160 Å². The average molecular weight is 393 g/mol. The Morgan fingerprint density at radius 1 is 1.25 bits per heavy atom. The third-order valence-electron chi connectivity index (χ3n) is 4.01. The van der Waals surface area contributed by atoms with Gasteiger partial charge in [-0.2, -0.15) is 4.98 Å². The largest absolute Gasteiger partial charge is 0.485 e. The minimum absolute atomic E-state index is 0.0421. The topological polar surface area (TPSA) is 97.4 Å². The first kappa shape index (κ1) is 19.6. The summed E-state index contributed by atoms with van der Waals surface area (Å²) in [5.74, 6) is -2.60. The van der Waals surface area contributed by atoms with Crippen LogP contribution in [-0.2, 0) is 5.92 Å². The van der Waals surface area contributed by atoms with E-state index in [0.29, 0.717) is 42.5 Å². The van der Waals surface area contributed by atoms with Crippen molar-refractivity contribution in [3.8, 4) is 11.5 Å². The lowest BCUT2D eigenvalue weighted by atomic mass is 10.1. The Morgan fingerprint density at radius 2 is 1.96 bits per heavy atom. The minimum atomic E-state index is -3.08. The van der Waals surface area contributed by atoms with Crippen LogP contribution in [0.2, 0.25) is 0 Å². The van der Waals surface area contributed by atoms with Crippen molar-refractivity contribution in [2.45, 2.75) is 19.8 Å². The molecule has 0 unspecified atom stereocenters. The second kappa shape index (κ2) is 7.83. The number of ether oxygens (including phenoxy) is 2. The van der Waals surface area contributed by atoms with Gasteiger partial charge in [0.15, 0.2) is 11.5 Å². The highest BCUT2D eigenvalue weighted by Crippen LogP contribution is 2.41. The minimum Gasteiger partial charge on any atom is -0.485 e. The normalized spacial score (nSPS) is 13.0. The Balaban J connectivity index is 1.98. The van der Waals surface area contributed by atoms with Crippen LogP contribution in [-0.4, -0.2) is 42.7 Å². The summed E-state index contributed by atoms with van der Waals surface area (Å²) in [4.78, 5) is 20.2. The zero-order valence-corrected chi connectivity index (χ0v) is 15.7. The van der Waals surface area contributed by atoms with Crippen LogP contribution in [0.15, 0.2) is 18.3 Å². The monoisotopic (exact) mass is 393 g/mol. The van der Waals surface area contributed by atoms with Crippen molar-refractivity contribution in [3.05, 3.63) is 29.5 Å². The van der Waals surface area contributed by atoms with Gasteiger partial charge < -0.3 is 25.4 Å². The molecule has 1 amide bonds. The lowest BCUT2D eigenvalue weighted by Crippen LogP contribution is -2.23. The summed E-state index contributed by atoms with van der Waals surface area (Å²) < 4.78 is 38.8. The molecule has 0 radical (unpaired) electrons. The average Bonchev–Trinajstić information content (AvgIpc) is 2.67. The number of anilines is 3. The summed E-state index contributed by atoms with van der Waals surface area (Å²) in [5, 5.41) is 8.32. The number of alkyl halides is 2. The quantitative estimate of drug-likeness (QED) is 0.694. The van der Waals surface area contributed by atoms with Gasteiger partial charge in [-0.3, -0.25) is 4.79 Å².